The van der Waals surface area contributed by atoms with Gasteiger partial charge in [0.2, 0.25) is 5.91 Å². The number of hydrogen-bond donors (Lipinski definition) is 0. The van der Waals surface area contributed by atoms with Gasteiger partial charge in [-0.2, -0.15) is 0 Å². The Morgan fingerprint density at radius 1 is 1.17 bits per heavy atom. The summed E-state index contributed by atoms with van der Waals surface area (Å²) in [4.78, 5) is 17.2. The van der Waals surface area contributed by atoms with E-state index in [0.717, 1.165) is 36.4 Å². The van der Waals surface area contributed by atoms with E-state index in [2.05, 4.69) is 11.0 Å². The van der Waals surface area contributed by atoms with Gasteiger partial charge in [0, 0.05) is 17.3 Å². The molecule has 2 saturated heterocycles. The van der Waals surface area contributed by atoms with E-state index >= 15 is 0 Å². The SMILES string of the molecule is COc1cccc([C@H]2N(c3ccc(Cl)cc3)C(=O)[C@@H]3CCCN32)c1. The summed E-state index contributed by atoms with van der Waals surface area (Å²) in [5.74, 6) is 0.973. The third-order valence-electron chi connectivity index (χ3n) is 4.87. The van der Waals surface area contributed by atoms with Gasteiger partial charge in [-0.25, -0.2) is 0 Å². The fourth-order valence-electron chi connectivity index (χ4n) is 3.79. The zero-order chi connectivity index (χ0) is 16.7. The largest absolute Gasteiger partial charge is 0.497 e. The topological polar surface area (TPSA) is 32.8 Å². The number of carbonyl (C=O) groups excluding carboxylic acids is 1. The number of benzene rings is 2. The average molecular weight is 343 g/mol. The number of carbonyl (C=O) groups is 1. The maximum absolute atomic E-state index is 13.0. The van der Waals surface area contributed by atoms with Gasteiger partial charge in [0.15, 0.2) is 0 Å². The average Bonchev–Trinajstić information content (AvgIpc) is 3.18. The van der Waals surface area contributed by atoms with Gasteiger partial charge < -0.3 is 4.74 Å². The van der Waals surface area contributed by atoms with Crippen LogP contribution < -0.4 is 9.64 Å². The summed E-state index contributed by atoms with van der Waals surface area (Å²) in [6.45, 7) is 0.933. The van der Waals surface area contributed by atoms with E-state index in [-0.39, 0.29) is 18.1 Å². The Kier molecular flexibility index (Phi) is 3.94. The van der Waals surface area contributed by atoms with E-state index in [1.54, 1.807) is 7.11 Å². The predicted molar refractivity (Wildman–Crippen MR) is 94.4 cm³/mol. The Morgan fingerprint density at radius 2 is 1.96 bits per heavy atom. The number of amides is 1. The molecule has 2 aromatic rings. The van der Waals surface area contributed by atoms with Crippen molar-refractivity contribution < 1.29 is 9.53 Å². The highest BCUT2D eigenvalue weighted by Crippen LogP contribution is 2.43. The number of ether oxygens (including phenoxy) is 1. The van der Waals surface area contributed by atoms with E-state index in [9.17, 15) is 4.79 Å². The molecule has 0 unspecified atom stereocenters. The van der Waals surface area contributed by atoms with Crippen LogP contribution in [0.3, 0.4) is 0 Å². The van der Waals surface area contributed by atoms with E-state index in [1.807, 2.05) is 47.4 Å². The van der Waals surface area contributed by atoms with Gasteiger partial charge >= 0.3 is 0 Å². The minimum atomic E-state index is -0.0960. The Bertz CT molecular complexity index is 762. The lowest BCUT2D eigenvalue weighted by molar-refractivity contribution is -0.119. The van der Waals surface area contributed by atoms with Crippen molar-refractivity contribution in [3.05, 3.63) is 59.1 Å². The normalized spacial score (nSPS) is 23.6. The molecule has 0 aliphatic carbocycles. The first-order valence-electron chi connectivity index (χ1n) is 8.17. The Hall–Kier alpha value is -2.04. The van der Waals surface area contributed by atoms with Crippen LogP contribution in [0.15, 0.2) is 48.5 Å². The molecule has 4 rings (SSSR count). The molecule has 2 heterocycles. The van der Waals surface area contributed by atoms with E-state index < -0.39 is 0 Å². The van der Waals surface area contributed by atoms with Gasteiger partial charge in [0.1, 0.15) is 11.9 Å². The summed E-state index contributed by atoms with van der Waals surface area (Å²) in [5, 5.41) is 0.670. The second-order valence-electron chi connectivity index (χ2n) is 6.23. The summed E-state index contributed by atoms with van der Waals surface area (Å²) in [5.41, 5.74) is 1.95. The number of fused-ring (bicyclic) bond motifs is 1. The zero-order valence-corrected chi connectivity index (χ0v) is 14.2. The monoisotopic (exact) mass is 342 g/mol. The van der Waals surface area contributed by atoms with Gasteiger partial charge in [-0.1, -0.05) is 23.7 Å². The molecule has 5 heteroatoms. The molecule has 24 heavy (non-hydrogen) atoms. The molecule has 1 amide bonds. The minimum Gasteiger partial charge on any atom is -0.497 e. The van der Waals surface area contributed by atoms with Gasteiger partial charge in [0.05, 0.1) is 13.2 Å². The molecule has 0 spiro atoms. The third-order valence-corrected chi connectivity index (χ3v) is 5.12. The quantitative estimate of drug-likeness (QED) is 0.849. The Morgan fingerprint density at radius 3 is 2.71 bits per heavy atom. The lowest BCUT2D eigenvalue weighted by Gasteiger charge is -2.30. The number of rotatable bonds is 3. The fourth-order valence-corrected chi connectivity index (χ4v) is 3.92. The number of halogens is 1. The highest BCUT2D eigenvalue weighted by molar-refractivity contribution is 6.30. The van der Waals surface area contributed by atoms with Crippen LogP contribution in [-0.4, -0.2) is 30.5 Å². The van der Waals surface area contributed by atoms with Gasteiger partial charge in [-0.3, -0.25) is 14.6 Å². The van der Waals surface area contributed by atoms with Gasteiger partial charge in [-0.05, 0) is 54.8 Å². The smallest absolute Gasteiger partial charge is 0.246 e. The second-order valence-corrected chi connectivity index (χ2v) is 6.67. The summed E-state index contributed by atoms with van der Waals surface area (Å²) in [6.07, 6.45) is 1.88. The van der Waals surface area contributed by atoms with Crippen molar-refractivity contribution in [2.24, 2.45) is 0 Å². The van der Waals surface area contributed by atoms with Crippen LogP contribution in [0.2, 0.25) is 5.02 Å². The van der Waals surface area contributed by atoms with E-state index in [0.29, 0.717) is 5.02 Å². The summed E-state index contributed by atoms with van der Waals surface area (Å²) in [7, 11) is 1.66. The first-order chi connectivity index (χ1) is 11.7. The molecule has 0 radical (unpaired) electrons. The third kappa shape index (κ3) is 2.46. The predicted octanol–water partition coefficient (Wildman–Crippen LogP) is 3.86. The second kappa shape index (κ2) is 6.11. The van der Waals surface area contributed by atoms with Gasteiger partial charge in [0.25, 0.3) is 0 Å². The molecular weight excluding hydrogens is 324 g/mol. The van der Waals surface area contributed by atoms with Crippen LogP contribution in [0.5, 0.6) is 5.75 Å². The van der Waals surface area contributed by atoms with Crippen molar-refractivity contribution in [2.45, 2.75) is 25.0 Å². The first kappa shape index (κ1) is 15.5. The molecule has 0 aromatic heterocycles. The summed E-state index contributed by atoms with van der Waals surface area (Å²) >= 11 is 6.01. The molecule has 2 aliphatic heterocycles. The highest BCUT2D eigenvalue weighted by atomic mass is 35.5. The maximum atomic E-state index is 13.0. The van der Waals surface area contributed by atoms with Crippen molar-refractivity contribution in [2.75, 3.05) is 18.6 Å². The van der Waals surface area contributed by atoms with Gasteiger partial charge in [-0.15, -0.1) is 0 Å². The first-order valence-corrected chi connectivity index (χ1v) is 8.55. The van der Waals surface area contributed by atoms with Crippen LogP contribution in [0.25, 0.3) is 0 Å². The highest BCUT2D eigenvalue weighted by Gasteiger charge is 2.49. The molecule has 124 valence electrons. The van der Waals surface area contributed by atoms with Crippen molar-refractivity contribution in [1.29, 1.82) is 0 Å². The molecule has 2 aliphatic rings. The molecule has 0 bridgehead atoms. The molecule has 2 atom stereocenters. The lowest BCUT2D eigenvalue weighted by atomic mass is 10.1. The number of nitrogens with zero attached hydrogens (tertiary/aromatic N) is 2. The van der Waals surface area contributed by atoms with Crippen molar-refractivity contribution in [3.63, 3.8) is 0 Å². The van der Waals surface area contributed by atoms with Crippen LogP contribution >= 0.6 is 11.6 Å². The summed E-state index contributed by atoms with van der Waals surface area (Å²) in [6, 6.07) is 15.4. The minimum absolute atomic E-state index is 0.0307. The number of methoxy groups -OCH3 is 1. The maximum Gasteiger partial charge on any atom is 0.246 e. The zero-order valence-electron chi connectivity index (χ0n) is 13.5. The van der Waals surface area contributed by atoms with Crippen LogP contribution in [0.1, 0.15) is 24.6 Å². The van der Waals surface area contributed by atoms with Crippen LogP contribution in [-0.2, 0) is 4.79 Å². The summed E-state index contributed by atoms with van der Waals surface area (Å²) < 4.78 is 5.37. The standard InChI is InChI=1S/C19H19ClN2O2/c1-24-16-5-2-4-13(12-16)18-21-11-3-6-17(21)19(23)22(18)15-9-7-14(20)8-10-15/h2,4-5,7-10,12,17-18H,3,6,11H2,1H3/t17-,18+/m0/s1. The molecule has 4 nitrogen and oxygen atoms in total. The molecule has 2 fully saturated rings. The van der Waals surface area contributed by atoms with E-state index in [1.165, 1.54) is 0 Å². The molecular formula is C19H19ClN2O2. The molecule has 0 N–H and O–H groups in total. The van der Waals surface area contributed by atoms with Crippen molar-refractivity contribution in [3.8, 4) is 5.75 Å². The number of hydrogen-bond acceptors (Lipinski definition) is 3. The van der Waals surface area contributed by atoms with E-state index in [4.69, 9.17) is 16.3 Å². The fraction of sp³-hybridized carbons (Fsp3) is 0.316. The van der Waals surface area contributed by atoms with Crippen molar-refractivity contribution >= 4 is 23.2 Å². The lowest BCUT2D eigenvalue weighted by Crippen LogP contribution is -2.32. The Labute approximate surface area is 146 Å². The Balaban J connectivity index is 1.80. The molecule has 2 aromatic carbocycles. The van der Waals surface area contributed by atoms with Crippen molar-refractivity contribution in [1.82, 2.24) is 4.90 Å². The molecule has 0 saturated carbocycles. The van der Waals surface area contributed by atoms with Crippen LogP contribution in [0, 0.1) is 0 Å². The number of anilines is 1. The van der Waals surface area contributed by atoms with Crippen LogP contribution in [0.4, 0.5) is 5.69 Å².